The van der Waals surface area contributed by atoms with Crippen LogP contribution in [0.15, 0.2) is 59.8 Å². The van der Waals surface area contributed by atoms with Gasteiger partial charge < -0.3 is 24.7 Å². The summed E-state index contributed by atoms with van der Waals surface area (Å²) in [5, 5.41) is 15.6. The molecule has 2 heterocycles. The Morgan fingerprint density at radius 3 is 2.70 bits per heavy atom. The third kappa shape index (κ3) is 7.44. The normalized spacial score (nSPS) is 12.0. The van der Waals surface area contributed by atoms with Crippen molar-refractivity contribution in [3.8, 4) is 5.75 Å². The average Bonchev–Trinajstić information content (AvgIpc) is 3.73. The zero-order chi connectivity index (χ0) is 30.2. The van der Waals surface area contributed by atoms with Crippen LogP contribution in [0.5, 0.6) is 5.75 Å². The van der Waals surface area contributed by atoms with Gasteiger partial charge in [-0.3, -0.25) is 9.59 Å². The molecule has 1 aliphatic rings. The molecule has 0 spiro atoms. The number of esters is 1. The van der Waals surface area contributed by atoms with Gasteiger partial charge in [0, 0.05) is 17.0 Å². The second kappa shape index (κ2) is 14.3. The number of rotatable bonds is 13. The fourth-order valence-corrected chi connectivity index (χ4v) is 6.97. The van der Waals surface area contributed by atoms with Crippen molar-refractivity contribution in [3.05, 3.63) is 87.6 Å². The second-order valence-electron chi connectivity index (χ2n) is 9.82. The molecule has 10 nitrogen and oxygen atoms in total. The topological polar surface area (TPSA) is 124 Å². The first-order chi connectivity index (χ1) is 21.0. The number of thioether (sulfide) groups is 1. The van der Waals surface area contributed by atoms with Crippen molar-refractivity contribution < 1.29 is 23.9 Å². The Morgan fingerprint density at radius 1 is 1.07 bits per heavy atom. The summed E-state index contributed by atoms with van der Waals surface area (Å²) in [6, 6.07) is 17.0. The van der Waals surface area contributed by atoms with E-state index in [1.807, 2.05) is 34.9 Å². The molecule has 12 heteroatoms. The summed E-state index contributed by atoms with van der Waals surface area (Å²) in [4.78, 5) is 39.7. The maximum atomic E-state index is 13.1. The molecule has 0 bridgehead atoms. The summed E-state index contributed by atoms with van der Waals surface area (Å²) in [6.45, 7) is 2.77. The van der Waals surface area contributed by atoms with Crippen molar-refractivity contribution in [1.29, 1.82) is 0 Å². The van der Waals surface area contributed by atoms with Crippen LogP contribution in [-0.4, -0.2) is 52.0 Å². The second-order valence-corrected chi connectivity index (χ2v) is 11.9. The number of carbonyl (C=O) groups excluding carboxylic acids is 3. The molecule has 0 radical (unpaired) electrons. The Hall–Kier alpha value is -4.16. The van der Waals surface area contributed by atoms with Crippen LogP contribution in [0.2, 0.25) is 0 Å². The summed E-state index contributed by atoms with van der Waals surface area (Å²) >= 11 is 2.71. The lowest BCUT2D eigenvalue weighted by molar-refractivity contribution is -0.113. The van der Waals surface area contributed by atoms with Crippen LogP contribution in [-0.2, 0) is 41.9 Å². The van der Waals surface area contributed by atoms with Gasteiger partial charge in [-0.05, 0) is 61.9 Å². The fourth-order valence-electron chi connectivity index (χ4n) is 4.90. The summed E-state index contributed by atoms with van der Waals surface area (Å²) in [5.41, 5.74) is 3.10. The number of carbonyl (C=O) groups is 3. The predicted molar refractivity (Wildman–Crippen MR) is 166 cm³/mol. The van der Waals surface area contributed by atoms with Crippen LogP contribution in [0, 0.1) is 0 Å². The number of aromatic nitrogens is 3. The maximum absolute atomic E-state index is 13.1. The van der Waals surface area contributed by atoms with E-state index in [1.54, 1.807) is 38.3 Å². The fraction of sp³-hybridized carbons (Fsp3) is 0.323. The number of anilines is 1. The average molecular weight is 620 g/mol. The molecule has 0 fully saturated rings. The Labute approximate surface area is 258 Å². The molecule has 0 atom stereocenters. The molecule has 2 N–H and O–H groups in total. The molecular weight excluding hydrogens is 587 g/mol. The van der Waals surface area contributed by atoms with Gasteiger partial charge in [0.2, 0.25) is 5.91 Å². The number of benzene rings is 2. The summed E-state index contributed by atoms with van der Waals surface area (Å²) in [6.07, 6.45) is 3.43. The molecule has 0 saturated carbocycles. The highest BCUT2D eigenvalue weighted by molar-refractivity contribution is 7.99. The first-order valence-corrected chi connectivity index (χ1v) is 15.9. The third-order valence-electron chi connectivity index (χ3n) is 6.99. The number of fused-ring (bicyclic) bond motifs is 1. The van der Waals surface area contributed by atoms with E-state index < -0.39 is 5.97 Å². The number of aryl methyl sites for hydroxylation is 2. The predicted octanol–water partition coefficient (Wildman–Crippen LogP) is 4.92. The Kier molecular flexibility index (Phi) is 10.1. The first-order valence-electron chi connectivity index (χ1n) is 14.1. The molecule has 43 heavy (non-hydrogen) atoms. The van der Waals surface area contributed by atoms with Crippen molar-refractivity contribution in [2.45, 2.75) is 50.9 Å². The molecule has 2 aromatic carbocycles. The van der Waals surface area contributed by atoms with Gasteiger partial charge >= 0.3 is 5.97 Å². The van der Waals surface area contributed by atoms with Crippen molar-refractivity contribution in [3.63, 3.8) is 0 Å². The monoisotopic (exact) mass is 619 g/mol. The number of amides is 2. The van der Waals surface area contributed by atoms with Crippen LogP contribution in [0.4, 0.5) is 5.00 Å². The van der Waals surface area contributed by atoms with Gasteiger partial charge in [0.25, 0.3) is 5.91 Å². The van der Waals surface area contributed by atoms with E-state index in [9.17, 15) is 14.4 Å². The van der Waals surface area contributed by atoms with Crippen LogP contribution in [0.3, 0.4) is 0 Å². The van der Waals surface area contributed by atoms with Gasteiger partial charge in [0.15, 0.2) is 11.0 Å². The van der Waals surface area contributed by atoms with Gasteiger partial charge in [-0.15, -0.1) is 21.5 Å². The SMILES string of the molecule is CCOC(=O)c1c(NC(=O)CSc2nnc(CNC(=O)c3cccc(OC)c3)n2CCc2ccccc2)sc2c1CCC2. The van der Waals surface area contributed by atoms with E-state index in [2.05, 4.69) is 20.8 Å². The first kappa shape index (κ1) is 30.3. The van der Waals surface area contributed by atoms with Gasteiger partial charge in [-0.25, -0.2) is 4.79 Å². The molecule has 5 rings (SSSR count). The molecular formula is C31H33N5O5S2. The Bertz CT molecular complexity index is 1600. The van der Waals surface area contributed by atoms with E-state index in [-0.39, 0.29) is 30.7 Å². The Balaban J connectivity index is 1.28. The highest BCUT2D eigenvalue weighted by atomic mass is 32.2. The lowest BCUT2D eigenvalue weighted by Gasteiger charge is -2.12. The van der Waals surface area contributed by atoms with Crippen molar-refractivity contribution in [2.24, 2.45) is 0 Å². The molecule has 2 aromatic heterocycles. The van der Waals surface area contributed by atoms with E-state index in [0.29, 0.717) is 39.4 Å². The number of hydrogen-bond acceptors (Lipinski definition) is 9. The van der Waals surface area contributed by atoms with Crippen molar-refractivity contribution in [1.82, 2.24) is 20.1 Å². The van der Waals surface area contributed by atoms with Crippen LogP contribution < -0.4 is 15.4 Å². The minimum absolute atomic E-state index is 0.0739. The van der Waals surface area contributed by atoms with Crippen LogP contribution >= 0.6 is 23.1 Å². The van der Waals surface area contributed by atoms with Crippen LogP contribution in [0.1, 0.15) is 55.9 Å². The lowest BCUT2D eigenvalue weighted by atomic mass is 10.1. The molecule has 2 amide bonds. The maximum Gasteiger partial charge on any atom is 0.341 e. The number of methoxy groups -OCH3 is 1. The summed E-state index contributed by atoms with van der Waals surface area (Å²) < 4.78 is 12.4. The third-order valence-corrected chi connectivity index (χ3v) is 9.16. The highest BCUT2D eigenvalue weighted by Gasteiger charge is 2.28. The number of nitrogens with zero attached hydrogens (tertiary/aromatic N) is 3. The molecule has 0 aliphatic heterocycles. The minimum Gasteiger partial charge on any atom is -0.497 e. The van der Waals surface area contributed by atoms with E-state index in [0.717, 1.165) is 41.7 Å². The zero-order valence-corrected chi connectivity index (χ0v) is 25.7. The number of nitrogens with one attached hydrogen (secondary N) is 2. The van der Waals surface area contributed by atoms with Gasteiger partial charge in [-0.2, -0.15) is 0 Å². The molecule has 0 saturated heterocycles. The van der Waals surface area contributed by atoms with E-state index in [1.165, 1.54) is 23.1 Å². The van der Waals surface area contributed by atoms with Gasteiger partial charge in [-0.1, -0.05) is 48.2 Å². The minimum atomic E-state index is -0.397. The van der Waals surface area contributed by atoms with E-state index in [4.69, 9.17) is 9.47 Å². The quantitative estimate of drug-likeness (QED) is 0.160. The molecule has 224 valence electrons. The van der Waals surface area contributed by atoms with Gasteiger partial charge in [0.05, 0.1) is 31.6 Å². The molecule has 1 aliphatic carbocycles. The lowest BCUT2D eigenvalue weighted by Crippen LogP contribution is -2.25. The van der Waals surface area contributed by atoms with Crippen molar-refractivity contribution in [2.75, 3.05) is 24.8 Å². The van der Waals surface area contributed by atoms with Crippen molar-refractivity contribution >= 4 is 45.9 Å². The number of ether oxygens (including phenoxy) is 2. The molecule has 4 aromatic rings. The zero-order valence-electron chi connectivity index (χ0n) is 24.1. The van der Waals surface area contributed by atoms with E-state index >= 15 is 0 Å². The summed E-state index contributed by atoms with van der Waals surface area (Å²) in [5.74, 6) is 0.341. The summed E-state index contributed by atoms with van der Waals surface area (Å²) in [7, 11) is 1.55. The smallest absolute Gasteiger partial charge is 0.341 e. The van der Waals surface area contributed by atoms with Crippen LogP contribution in [0.25, 0.3) is 0 Å². The largest absolute Gasteiger partial charge is 0.497 e. The molecule has 0 unspecified atom stereocenters. The standard InChI is InChI=1S/C31H33N5O5S2/c1-3-41-30(39)27-23-13-8-14-24(23)43-29(27)33-26(37)19-42-31-35-34-25(36(31)16-15-20-9-5-4-6-10-20)18-32-28(38)21-11-7-12-22(17-21)40-2/h4-7,9-12,17H,3,8,13-16,18-19H2,1-2H3,(H,32,38)(H,33,37). The Morgan fingerprint density at radius 2 is 1.91 bits per heavy atom. The number of hydrogen-bond donors (Lipinski definition) is 2. The number of thiophene rings is 1. The van der Waals surface area contributed by atoms with Gasteiger partial charge in [0.1, 0.15) is 10.8 Å². The highest BCUT2D eigenvalue weighted by Crippen LogP contribution is 2.39.